The maximum atomic E-state index is 13.3. The molecule has 0 atom stereocenters. The molecule has 0 heterocycles. The lowest BCUT2D eigenvalue weighted by atomic mass is 9.86. The van der Waals surface area contributed by atoms with Crippen molar-refractivity contribution in [1.29, 1.82) is 0 Å². The van der Waals surface area contributed by atoms with E-state index < -0.39 is 23.2 Å². The molecule has 0 saturated carbocycles. The number of aliphatic hydroxyl groups excluding tert-OH is 1. The van der Waals surface area contributed by atoms with Gasteiger partial charge in [0.1, 0.15) is 18.2 Å². The number of aliphatic hydroxyl groups is 2. The van der Waals surface area contributed by atoms with Crippen LogP contribution in [0.1, 0.15) is 16.7 Å². The molecule has 7 heteroatoms. The lowest BCUT2D eigenvalue weighted by Gasteiger charge is -2.27. The van der Waals surface area contributed by atoms with E-state index in [0.29, 0.717) is 11.1 Å². The molecule has 0 aliphatic rings. The smallest absolute Gasteiger partial charge is 0.348 e. The van der Waals surface area contributed by atoms with Crippen LogP contribution in [-0.2, 0) is 15.1 Å². The molecule has 0 aromatic heterocycles. The minimum atomic E-state index is -2.29. The van der Waals surface area contributed by atoms with E-state index in [-0.39, 0.29) is 17.7 Å². The molecule has 0 bridgehead atoms. The van der Waals surface area contributed by atoms with E-state index in [0.717, 1.165) is 30.5 Å². The van der Waals surface area contributed by atoms with Crippen LogP contribution in [0, 0.1) is 11.6 Å². The summed E-state index contributed by atoms with van der Waals surface area (Å²) in [6.07, 6.45) is 0.817. The molecule has 0 unspecified atom stereocenters. The molecule has 3 aromatic rings. The number of esters is 1. The van der Waals surface area contributed by atoms with E-state index in [2.05, 4.69) is 15.9 Å². The van der Waals surface area contributed by atoms with E-state index in [1.165, 1.54) is 24.3 Å². The second kappa shape index (κ2) is 11.4. The first-order valence-electron chi connectivity index (χ1n) is 9.13. The second-order valence-electron chi connectivity index (χ2n) is 6.32. The third-order valence-corrected chi connectivity index (χ3v) is 4.48. The van der Waals surface area contributed by atoms with Crippen molar-refractivity contribution in [2.75, 3.05) is 12.4 Å². The highest BCUT2D eigenvalue weighted by Gasteiger charge is 2.42. The zero-order valence-corrected chi connectivity index (χ0v) is 18.2. The summed E-state index contributed by atoms with van der Waals surface area (Å²) in [5.41, 5.74) is -1.22. The molecule has 0 amide bonds. The van der Waals surface area contributed by atoms with Gasteiger partial charge >= 0.3 is 5.97 Å². The number of halogens is 3. The Kier molecular flexibility index (Phi) is 8.90. The Morgan fingerprint density at radius 1 is 0.903 bits per heavy atom. The van der Waals surface area contributed by atoms with Crippen molar-refractivity contribution in [1.82, 2.24) is 0 Å². The van der Waals surface area contributed by atoms with Crippen molar-refractivity contribution in [3.63, 3.8) is 0 Å². The summed E-state index contributed by atoms with van der Waals surface area (Å²) < 4.78 is 32.0. The molecule has 162 valence electrons. The van der Waals surface area contributed by atoms with Gasteiger partial charge in [0.2, 0.25) is 5.60 Å². The van der Waals surface area contributed by atoms with Crippen molar-refractivity contribution in [2.24, 2.45) is 0 Å². The van der Waals surface area contributed by atoms with Gasteiger partial charge in [0, 0.05) is 5.57 Å². The lowest BCUT2D eigenvalue weighted by molar-refractivity contribution is -0.160. The largest absolute Gasteiger partial charge is 0.515 e. The van der Waals surface area contributed by atoms with Crippen molar-refractivity contribution < 1.29 is 28.5 Å². The van der Waals surface area contributed by atoms with Crippen molar-refractivity contribution >= 4 is 27.5 Å². The van der Waals surface area contributed by atoms with Gasteiger partial charge in [0.15, 0.2) is 0 Å². The molecule has 4 nitrogen and oxygen atoms in total. The van der Waals surface area contributed by atoms with Crippen LogP contribution >= 0.6 is 15.9 Å². The van der Waals surface area contributed by atoms with Gasteiger partial charge in [0.05, 0.1) is 6.26 Å². The Hall–Kier alpha value is -3.03. The van der Waals surface area contributed by atoms with Crippen LogP contribution in [0.15, 0.2) is 85.1 Å². The number of alkyl halides is 1. The van der Waals surface area contributed by atoms with E-state index >= 15 is 0 Å². The Morgan fingerprint density at radius 3 is 1.77 bits per heavy atom. The number of ether oxygens (including phenoxy) is 1. The first-order valence-corrected chi connectivity index (χ1v) is 10.7. The third-order valence-electron chi connectivity index (χ3n) is 4.48. The van der Waals surface area contributed by atoms with Crippen LogP contribution in [0.2, 0.25) is 0 Å². The molecule has 0 aliphatic heterocycles. The first-order chi connectivity index (χ1) is 14.9. The summed E-state index contributed by atoms with van der Waals surface area (Å²) in [7, 11) is 0. The predicted octanol–water partition coefficient (Wildman–Crippen LogP) is 5.35. The van der Waals surface area contributed by atoms with Gasteiger partial charge in [-0.2, -0.15) is 0 Å². The summed E-state index contributed by atoms with van der Waals surface area (Å²) in [5, 5.41) is 20.8. The highest BCUT2D eigenvalue weighted by atomic mass is 79.9. The van der Waals surface area contributed by atoms with Gasteiger partial charge in [-0.25, -0.2) is 13.6 Å². The average Bonchev–Trinajstić information content (AvgIpc) is 2.81. The van der Waals surface area contributed by atoms with Crippen LogP contribution in [-0.4, -0.2) is 28.6 Å². The molecule has 2 N–H and O–H groups in total. The van der Waals surface area contributed by atoms with E-state index in [1.807, 2.05) is 5.83 Å². The van der Waals surface area contributed by atoms with Gasteiger partial charge in [-0.1, -0.05) is 70.5 Å². The van der Waals surface area contributed by atoms with Crippen LogP contribution < -0.4 is 0 Å². The van der Waals surface area contributed by atoms with Crippen molar-refractivity contribution in [3.05, 3.63) is 113 Å². The topological polar surface area (TPSA) is 66.8 Å². The monoisotopic (exact) mass is 490 g/mol. The molecule has 0 aliphatic carbocycles. The van der Waals surface area contributed by atoms with E-state index in [4.69, 9.17) is 4.74 Å². The van der Waals surface area contributed by atoms with Crippen LogP contribution in [0.5, 0.6) is 0 Å². The maximum absolute atomic E-state index is 13.3. The maximum Gasteiger partial charge on any atom is 0.348 e. The highest BCUT2D eigenvalue weighted by molar-refractivity contribution is 9.08. The highest BCUT2D eigenvalue weighted by Crippen LogP contribution is 2.32. The van der Waals surface area contributed by atoms with Gasteiger partial charge in [-0.15, -0.1) is 0 Å². The Balaban J connectivity index is 0.00000166. The van der Waals surface area contributed by atoms with Crippen molar-refractivity contribution in [2.45, 2.75) is 5.60 Å². The van der Waals surface area contributed by atoms with Crippen LogP contribution in [0.25, 0.3) is 5.57 Å². The fourth-order valence-electron chi connectivity index (χ4n) is 2.88. The van der Waals surface area contributed by atoms with Crippen molar-refractivity contribution in [3.8, 4) is 0 Å². The fourth-order valence-corrected chi connectivity index (χ4v) is 2.88. The molecule has 0 spiro atoms. The lowest BCUT2D eigenvalue weighted by Crippen LogP contribution is -2.39. The van der Waals surface area contributed by atoms with Gasteiger partial charge in [-0.3, -0.25) is 0 Å². The standard InChI is InChI=1S/C23H18F2O4.CH3Br/c24-20-10-6-18(7-11-20)23(28,19-8-12-21(25)13-9-19)22(27)29-15-17(14-26)16-4-2-1-3-5-16;1-2/h1-14,26,28H,15H2;1H3. The van der Waals surface area contributed by atoms with E-state index in [9.17, 15) is 23.8 Å². The van der Waals surface area contributed by atoms with E-state index in [1.54, 1.807) is 30.3 Å². The molecular formula is C24H21BrF2O4. The molecule has 0 radical (unpaired) electrons. The minimum absolute atomic E-state index is 0.0600. The summed E-state index contributed by atoms with van der Waals surface area (Å²) in [6.45, 7) is -0.315. The van der Waals surface area contributed by atoms with Crippen LogP contribution in [0.3, 0.4) is 0 Å². The summed E-state index contributed by atoms with van der Waals surface area (Å²) in [6, 6.07) is 18.2. The second-order valence-corrected chi connectivity index (χ2v) is 6.32. The quantitative estimate of drug-likeness (QED) is 0.277. The first kappa shape index (κ1) is 24.2. The number of hydrogen-bond donors (Lipinski definition) is 2. The molecule has 0 fully saturated rings. The number of benzene rings is 3. The number of rotatable bonds is 6. The van der Waals surface area contributed by atoms with Gasteiger partial charge in [-0.05, 0) is 46.8 Å². The van der Waals surface area contributed by atoms with Gasteiger partial charge < -0.3 is 14.9 Å². The molecule has 31 heavy (non-hydrogen) atoms. The number of hydrogen-bond acceptors (Lipinski definition) is 4. The number of carbonyl (C=O) groups is 1. The predicted molar refractivity (Wildman–Crippen MR) is 119 cm³/mol. The summed E-state index contributed by atoms with van der Waals surface area (Å²) >= 11 is 2.94. The SMILES string of the molecule is CBr.O=C(OCC(=CO)c1ccccc1)C(O)(c1ccc(F)cc1)c1ccc(F)cc1. The molecule has 3 rings (SSSR count). The Morgan fingerprint density at radius 2 is 1.35 bits per heavy atom. The fraction of sp³-hybridized carbons (Fsp3) is 0.125. The van der Waals surface area contributed by atoms with Crippen LogP contribution in [0.4, 0.5) is 8.78 Å². The zero-order chi connectivity index (χ0) is 22.9. The molecular weight excluding hydrogens is 470 g/mol. The summed E-state index contributed by atoms with van der Waals surface area (Å²) in [5.74, 6) is -0.324. The zero-order valence-electron chi connectivity index (χ0n) is 16.6. The van der Waals surface area contributed by atoms with Gasteiger partial charge in [0.25, 0.3) is 0 Å². The Labute approximate surface area is 187 Å². The number of carbonyl (C=O) groups excluding carboxylic acids is 1. The molecule has 3 aromatic carbocycles. The average molecular weight is 491 g/mol. The third kappa shape index (κ3) is 5.77. The minimum Gasteiger partial charge on any atom is -0.515 e. The normalized spacial score (nSPS) is 11.3. The molecule has 0 saturated heterocycles. The summed E-state index contributed by atoms with van der Waals surface area (Å²) in [4.78, 5) is 12.9. The Bertz CT molecular complexity index is 959.